The number of nitrogens with zero attached hydrogens (tertiary/aromatic N) is 1. The standard InChI is InChI=1S/C15H15BrN2O3S/c1-18(2)15(19)11-3-7-13(8-4-11)17-22(20,21)14-9-5-12(16)6-10-14/h3-10,17H,1-2H3. The number of rotatable bonds is 4. The topological polar surface area (TPSA) is 66.5 Å². The van der Waals surface area contributed by atoms with Crippen LogP contribution in [0.2, 0.25) is 0 Å². The second-order valence-corrected chi connectivity index (χ2v) is 7.43. The fourth-order valence-electron chi connectivity index (χ4n) is 1.77. The Labute approximate surface area is 138 Å². The molecule has 0 bridgehead atoms. The van der Waals surface area contributed by atoms with E-state index in [0.29, 0.717) is 11.3 Å². The average molecular weight is 383 g/mol. The van der Waals surface area contributed by atoms with Crippen molar-refractivity contribution >= 4 is 37.5 Å². The summed E-state index contributed by atoms with van der Waals surface area (Å²) >= 11 is 3.26. The first-order valence-electron chi connectivity index (χ1n) is 6.40. The van der Waals surface area contributed by atoms with Crippen molar-refractivity contribution < 1.29 is 13.2 Å². The monoisotopic (exact) mass is 382 g/mol. The van der Waals surface area contributed by atoms with Crippen molar-refractivity contribution in [3.8, 4) is 0 Å². The third-order valence-electron chi connectivity index (χ3n) is 2.91. The number of carbonyl (C=O) groups excluding carboxylic acids is 1. The van der Waals surface area contributed by atoms with Gasteiger partial charge in [0.05, 0.1) is 4.90 Å². The molecule has 5 nitrogen and oxygen atoms in total. The molecule has 0 saturated heterocycles. The molecular weight excluding hydrogens is 368 g/mol. The number of halogens is 1. The molecule has 0 aromatic heterocycles. The van der Waals surface area contributed by atoms with Crippen LogP contribution in [0.4, 0.5) is 5.69 Å². The predicted octanol–water partition coefficient (Wildman–Crippen LogP) is 2.95. The molecule has 2 rings (SSSR count). The highest BCUT2D eigenvalue weighted by Crippen LogP contribution is 2.19. The van der Waals surface area contributed by atoms with Gasteiger partial charge in [0.25, 0.3) is 15.9 Å². The predicted molar refractivity (Wildman–Crippen MR) is 89.4 cm³/mol. The van der Waals surface area contributed by atoms with Crippen LogP contribution in [0.5, 0.6) is 0 Å². The van der Waals surface area contributed by atoms with Gasteiger partial charge in [0.1, 0.15) is 0 Å². The van der Waals surface area contributed by atoms with Gasteiger partial charge in [-0.25, -0.2) is 8.42 Å². The van der Waals surface area contributed by atoms with Gasteiger partial charge in [-0.3, -0.25) is 9.52 Å². The Morgan fingerprint density at radius 3 is 2.05 bits per heavy atom. The molecule has 22 heavy (non-hydrogen) atoms. The number of nitrogens with one attached hydrogen (secondary N) is 1. The summed E-state index contributed by atoms with van der Waals surface area (Å²) in [6.07, 6.45) is 0. The molecule has 1 N–H and O–H groups in total. The lowest BCUT2D eigenvalue weighted by Gasteiger charge is -2.11. The van der Waals surface area contributed by atoms with Crippen molar-refractivity contribution in [1.82, 2.24) is 4.90 Å². The second kappa shape index (κ2) is 6.50. The number of carbonyl (C=O) groups is 1. The molecule has 0 atom stereocenters. The molecule has 0 heterocycles. The largest absolute Gasteiger partial charge is 0.345 e. The van der Waals surface area contributed by atoms with E-state index in [-0.39, 0.29) is 10.8 Å². The lowest BCUT2D eigenvalue weighted by atomic mass is 10.2. The van der Waals surface area contributed by atoms with Crippen molar-refractivity contribution in [3.63, 3.8) is 0 Å². The molecule has 0 spiro atoms. The van der Waals surface area contributed by atoms with E-state index in [1.54, 1.807) is 50.5 Å². The molecule has 0 aliphatic carbocycles. The van der Waals surface area contributed by atoms with Crippen LogP contribution in [-0.2, 0) is 10.0 Å². The zero-order chi connectivity index (χ0) is 16.3. The first kappa shape index (κ1) is 16.5. The molecule has 7 heteroatoms. The maximum atomic E-state index is 12.2. The van der Waals surface area contributed by atoms with Gasteiger partial charge in [-0.15, -0.1) is 0 Å². The minimum Gasteiger partial charge on any atom is -0.345 e. The van der Waals surface area contributed by atoms with E-state index in [4.69, 9.17) is 0 Å². The summed E-state index contributed by atoms with van der Waals surface area (Å²) in [5.74, 6) is -0.137. The van der Waals surface area contributed by atoms with Gasteiger partial charge < -0.3 is 4.90 Å². The molecule has 2 aromatic rings. The van der Waals surface area contributed by atoms with Crippen molar-refractivity contribution in [2.24, 2.45) is 0 Å². The summed E-state index contributed by atoms with van der Waals surface area (Å²) in [5.41, 5.74) is 0.898. The highest BCUT2D eigenvalue weighted by atomic mass is 79.9. The van der Waals surface area contributed by atoms with Crippen LogP contribution < -0.4 is 4.72 Å². The zero-order valence-corrected chi connectivity index (χ0v) is 14.5. The van der Waals surface area contributed by atoms with Crippen LogP contribution in [0.1, 0.15) is 10.4 Å². The summed E-state index contributed by atoms with van der Waals surface area (Å²) in [5, 5.41) is 0. The number of hydrogen-bond acceptors (Lipinski definition) is 3. The number of amides is 1. The third-order valence-corrected chi connectivity index (χ3v) is 4.84. The third kappa shape index (κ3) is 3.86. The number of anilines is 1. The van der Waals surface area contributed by atoms with Crippen molar-refractivity contribution in [2.45, 2.75) is 4.90 Å². The molecule has 0 radical (unpaired) electrons. The summed E-state index contributed by atoms with van der Waals surface area (Å²) in [7, 11) is -0.327. The van der Waals surface area contributed by atoms with E-state index in [1.807, 2.05) is 0 Å². The Balaban J connectivity index is 2.20. The van der Waals surface area contributed by atoms with E-state index in [1.165, 1.54) is 17.0 Å². The maximum Gasteiger partial charge on any atom is 0.261 e. The van der Waals surface area contributed by atoms with Crippen molar-refractivity contribution in [1.29, 1.82) is 0 Å². The SMILES string of the molecule is CN(C)C(=O)c1ccc(NS(=O)(=O)c2ccc(Br)cc2)cc1. The summed E-state index contributed by atoms with van der Waals surface area (Å²) in [4.78, 5) is 13.4. The van der Waals surface area contributed by atoms with Crippen LogP contribution in [0, 0.1) is 0 Å². The second-order valence-electron chi connectivity index (χ2n) is 4.84. The fourth-order valence-corrected chi connectivity index (χ4v) is 3.09. The van der Waals surface area contributed by atoms with Gasteiger partial charge in [0.15, 0.2) is 0 Å². The van der Waals surface area contributed by atoms with Gasteiger partial charge in [-0.05, 0) is 48.5 Å². The van der Waals surface area contributed by atoms with E-state index < -0.39 is 10.0 Å². The molecule has 116 valence electrons. The Hall–Kier alpha value is -1.86. The van der Waals surface area contributed by atoms with Gasteiger partial charge in [0, 0.05) is 29.8 Å². The highest BCUT2D eigenvalue weighted by molar-refractivity contribution is 9.10. The normalized spacial score (nSPS) is 11.0. The lowest BCUT2D eigenvalue weighted by molar-refractivity contribution is 0.0827. The van der Waals surface area contributed by atoms with Gasteiger partial charge in [-0.2, -0.15) is 0 Å². The molecule has 0 aliphatic rings. The van der Waals surface area contributed by atoms with Crippen LogP contribution in [0.25, 0.3) is 0 Å². The minimum absolute atomic E-state index is 0.137. The van der Waals surface area contributed by atoms with E-state index in [0.717, 1.165) is 4.47 Å². The van der Waals surface area contributed by atoms with E-state index in [2.05, 4.69) is 20.7 Å². The Morgan fingerprint density at radius 1 is 1.00 bits per heavy atom. The summed E-state index contributed by atoms with van der Waals surface area (Å²) < 4.78 is 27.8. The Bertz CT molecular complexity index is 769. The molecule has 0 saturated carbocycles. The first-order valence-corrected chi connectivity index (χ1v) is 8.67. The smallest absolute Gasteiger partial charge is 0.261 e. The fraction of sp³-hybridized carbons (Fsp3) is 0.133. The van der Waals surface area contributed by atoms with E-state index >= 15 is 0 Å². The molecule has 2 aromatic carbocycles. The number of sulfonamides is 1. The average Bonchev–Trinajstić information content (AvgIpc) is 2.47. The first-order chi connectivity index (χ1) is 10.3. The quantitative estimate of drug-likeness (QED) is 0.883. The van der Waals surface area contributed by atoms with Gasteiger partial charge in [-0.1, -0.05) is 15.9 Å². The van der Waals surface area contributed by atoms with Gasteiger partial charge >= 0.3 is 0 Å². The Kier molecular flexibility index (Phi) is 4.87. The van der Waals surface area contributed by atoms with Crippen LogP contribution in [0.3, 0.4) is 0 Å². The molecular formula is C15H15BrN2O3S. The van der Waals surface area contributed by atoms with Crippen LogP contribution in [-0.4, -0.2) is 33.3 Å². The summed E-state index contributed by atoms with van der Waals surface area (Å²) in [6.45, 7) is 0. The number of benzene rings is 2. The van der Waals surface area contributed by atoms with Crippen molar-refractivity contribution in [2.75, 3.05) is 18.8 Å². The number of hydrogen-bond donors (Lipinski definition) is 1. The Morgan fingerprint density at radius 2 is 1.55 bits per heavy atom. The molecule has 1 amide bonds. The molecule has 0 unspecified atom stereocenters. The summed E-state index contributed by atoms with van der Waals surface area (Å²) in [6, 6.07) is 12.6. The zero-order valence-electron chi connectivity index (χ0n) is 12.1. The minimum atomic E-state index is -3.65. The highest BCUT2D eigenvalue weighted by Gasteiger charge is 2.14. The lowest BCUT2D eigenvalue weighted by Crippen LogP contribution is -2.21. The molecule has 0 aliphatic heterocycles. The van der Waals surface area contributed by atoms with E-state index in [9.17, 15) is 13.2 Å². The van der Waals surface area contributed by atoms with Crippen LogP contribution in [0.15, 0.2) is 57.9 Å². The maximum absolute atomic E-state index is 12.2. The van der Waals surface area contributed by atoms with Crippen LogP contribution >= 0.6 is 15.9 Å². The van der Waals surface area contributed by atoms with Crippen molar-refractivity contribution in [3.05, 3.63) is 58.6 Å². The molecule has 0 fully saturated rings. The van der Waals surface area contributed by atoms with Gasteiger partial charge in [0.2, 0.25) is 0 Å².